The summed E-state index contributed by atoms with van der Waals surface area (Å²) in [5.74, 6) is 0.657. The first-order valence-electron chi connectivity index (χ1n) is 10.6. The second-order valence-corrected chi connectivity index (χ2v) is 8.41. The number of aliphatic hydroxyl groups excluding tert-OH is 1. The van der Waals surface area contributed by atoms with Gasteiger partial charge in [0.2, 0.25) is 6.29 Å². The highest BCUT2D eigenvalue weighted by Crippen LogP contribution is 2.40. The predicted octanol–water partition coefficient (Wildman–Crippen LogP) is 3.69. The van der Waals surface area contributed by atoms with Crippen LogP contribution in [0.15, 0.2) is 53.6 Å². The highest BCUT2D eigenvalue weighted by molar-refractivity contribution is 7.10. The average molecular weight is 442 g/mol. The Labute approximate surface area is 185 Å². The third-order valence-corrected chi connectivity index (χ3v) is 6.34. The lowest BCUT2D eigenvalue weighted by Gasteiger charge is -2.36. The van der Waals surface area contributed by atoms with Gasteiger partial charge in [0.25, 0.3) is 5.91 Å². The Kier molecular flexibility index (Phi) is 7.01. The molecule has 3 N–H and O–H groups in total. The predicted molar refractivity (Wildman–Crippen MR) is 119 cm³/mol. The van der Waals surface area contributed by atoms with Gasteiger partial charge in [-0.15, -0.1) is 11.3 Å². The van der Waals surface area contributed by atoms with E-state index in [2.05, 4.69) is 21.4 Å². The number of aliphatic hydroxyl groups is 1. The van der Waals surface area contributed by atoms with E-state index in [1.807, 2.05) is 48.7 Å². The number of H-pyrrole nitrogens is 1. The number of hydrogen-bond acceptors (Lipinski definition) is 6. The zero-order valence-electron chi connectivity index (χ0n) is 17.4. The molecule has 0 radical (unpaired) electrons. The lowest BCUT2D eigenvalue weighted by Crippen LogP contribution is -2.38. The number of nitrogens with one attached hydrogen (secondary N) is 2. The number of carbonyl (C=O) groups is 1. The van der Waals surface area contributed by atoms with Gasteiger partial charge >= 0.3 is 0 Å². The molecule has 0 saturated heterocycles. The van der Waals surface area contributed by atoms with Crippen LogP contribution in [0, 0.1) is 5.92 Å². The van der Waals surface area contributed by atoms with E-state index in [-0.39, 0.29) is 36.7 Å². The molecule has 2 aromatic heterocycles. The number of para-hydroxylation sites is 2. The molecule has 0 fully saturated rings. The minimum atomic E-state index is -0.541. The Balaban J connectivity index is 1.52. The molecule has 1 aliphatic rings. The molecule has 1 aromatic carbocycles. The normalized spacial score (nSPS) is 21.0. The summed E-state index contributed by atoms with van der Waals surface area (Å²) < 4.78 is 11.9. The summed E-state index contributed by atoms with van der Waals surface area (Å²) in [5, 5.41) is 14.3. The maximum atomic E-state index is 12.9. The number of nitrogens with zero attached hydrogens (tertiary/aromatic N) is 1. The summed E-state index contributed by atoms with van der Waals surface area (Å²) in [6, 6.07) is 11.8. The molecule has 1 aliphatic heterocycles. The van der Waals surface area contributed by atoms with Crippen molar-refractivity contribution in [2.75, 3.05) is 13.2 Å². The molecule has 0 unspecified atom stereocenters. The second-order valence-electron chi connectivity index (χ2n) is 7.43. The van der Waals surface area contributed by atoms with Crippen molar-refractivity contribution in [1.29, 1.82) is 0 Å². The standard InChI is InChI=1S/C23H27N3O4S/c1-2-29-23-15(7-5-11-27)16(20-10-6-12-31-20)13-19(30-23)22(28)24-14-21-25-17-8-3-4-9-18(17)26-21/h3-4,6,8-10,12-13,15-16,23,27H,2,5,7,11,14H2,1H3,(H,24,28)(H,25,26)/t15-,16+,23-/m0/s1. The van der Waals surface area contributed by atoms with Gasteiger partial charge in [0.1, 0.15) is 5.82 Å². The van der Waals surface area contributed by atoms with Gasteiger partial charge in [-0.25, -0.2) is 4.98 Å². The van der Waals surface area contributed by atoms with Crippen LogP contribution in [0.25, 0.3) is 11.0 Å². The van der Waals surface area contributed by atoms with Crippen LogP contribution in [-0.2, 0) is 20.8 Å². The van der Waals surface area contributed by atoms with E-state index < -0.39 is 6.29 Å². The third-order valence-electron chi connectivity index (χ3n) is 5.36. The number of carbonyl (C=O) groups excluding carboxylic acids is 1. The topological polar surface area (TPSA) is 96.5 Å². The summed E-state index contributed by atoms with van der Waals surface area (Å²) in [5.41, 5.74) is 1.79. The number of hydrogen-bond donors (Lipinski definition) is 3. The second kappa shape index (κ2) is 10.1. The Morgan fingerprint density at radius 2 is 2.19 bits per heavy atom. The molecule has 3 aromatic rings. The lowest BCUT2D eigenvalue weighted by atomic mass is 9.84. The molecule has 0 bridgehead atoms. The molecule has 164 valence electrons. The molecule has 0 saturated carbocycles. The first-order chi connectivity index (χ1) is 15.2. The van der Waals surface area contributed by atoms with E-state index in [9.17, 15) is 9.90 Å². The molecule has 0 aliphatic carbocycles. The molecule has 1 amide bonds. The summed E-state index contributed by atoms with van der Waals surface area (Å²) in [7, 11) is 0. The Hall–Kier alpha value is -2.68. The number of imidazole rings is 1. The highest BCUT2D eigenvalue weighted by atomic mass is 32.1. The first-order valence-corrected chi connectivity index (χ1v) is 11.4. The Morgan fingerprint density at radius 3 is 2.94 bits per heavy atom. The number of aromatic amines is 1. The van der Waals surface area contributed by atoms with Crippen LogP contribution in [0.5, 0.6) is 0 Å². The van der Waals surface area contributed by atoms with Crippen LogP contribution in [0.1, 0.15) is 36.4 Å². The Bertz CT molecular complexity index is 998. The van der Waals surface area contributed by atoms with Crippen molar-refractivity contribution in [2.45, 2.75) is 38.5 Å². The highest BCUT2D eigenvalue weighted by Gasteiger charge is 2.38. The van der Waals surface area contributed by atoms with Gasteiger partial charge in [-0.1, -0.05) is 18.2 Å². The van der Waals surface area contributed by atoms with E-state index >= 15 is 0 Å². The van der Waals surface area contributed by atoms with Crippen LogP contribution >= 0.6 is 11.3 Å². The van der Waals surface area contributed by atoms with E-state index in [1.54, 1.807) is 11.3 Å². The van der Waals surface area contributed by atoms with Gasteiger partial charge in [-0.05, 0) is 49.4 Å². The number of allylic oxidation sites excluding steroid dienone is 1. The van der Waals surface area contributed by atoms with Crippen molar-refractivity contribution in [3.05, 3.63) is 64.3 Å². The largest absolute Gasteiger partial charge is 0.459 e. The zero-order chi connectivity index (χ0) is 21.6. The fraction of sp³-hybridized carbons (Fsp3) is 0.391. The summed E-state index contributed by atoms with van der Waals surface area (Å²) in [6.07, 6.45) is 2.74. The summed E-state index contributed by atoms with van der Waals surface area (Å²) in [6.45, 7) is 2.77. The van der Waals surface area contributed by atoms with E-state index in [0.717, 1.165) is 22.3 Å². The average Bonchev–Trinajstić information content (AvgIpc) is 3.46. The van der Waals surface area contributed by atoms with Crippen molar-refractivity contribution in [1.82, 2.24) is 15.3 Å². The number of fused-ring (bicyclic) bond motifs is 1. The lowest BCUT2D eigenvalue weighted by molar-refractivity contribution is -0.166. The first kappa shape index (κ1) is 21.5. The molecule has 7 nitrogen and oxygen atoms in total. The van der Waals surface area contributed by atoms with Crippen LogP contribution in [0.4, 0.5) is 0 Å². The number of rotatable bonds is 9. The third kappa shape index (κ3) is 4.98. The number of amides is 1. The molecule has 4 rings (SSSR count). The number of ether oxygens (including phenoxy) is 2. The minimum absolute atomic E-state index is 0.0104. The van der Waals surface area contributed by atoms with E-state index in [1.165, 1.54) is 0 Å². The van der Waals surface area contributed by atoms with E-state index in [4.69, 9.17) is 9.47 Å². The molecule has 8 heteroatoms. The number of aromatic nitrogens is 2. The van der Waals surface area contributed by atoms with E-state index in [0.29, 0.717) is 18.9 Å². The van der Waals surface area contributed by atoms with Gasteiger partial charge in [-0.2, -0.15) is 0 Å². The number of benzene rings is 1. The van der Waals surface area contributed by atoms with Gasteiger partial charge in [0.05, 0.1) is 17.6 Å². The van der Waals surface area contributed by atoms with Crippen molar-refractivity contribution in [3.8, 4) is 0 Å². The van der Waals surface area contributed by atoms with Crippen LogP contribution in [0.2, 0.25) is 0 Å². The maximum absolute atomic E-state index is 12.9. The van der Waals surface area contributed by atoms with Gasteiger partial charge in [0, 0.05) is 29.9 Å². The summed E-state index contributed by atoms with van der Waals surface area (Å²) in [4.78, 5) is 21.8. The molecule has 31 heavy (non-hydrogen) atoms. The summed E-state index contributed by atoms with van der Waals surface area (Å²) >= 11 is 1.65. The fourth-order valence-electron chi connectivity index (χ4n) is 3.92. The van der Waals surface area contributed by atoms with Gasteiger partial charge in [0.15, 0.2) is 5.76 Å². The quantitative estimate of drug-likeness (QED) is 0.471. The van der Waals surface area contributed by atoms with Crippen molar-refractivity contribution < 1.29 is 19.4 Å². The SMILES string of the molecule is CCO[C@H]1OC(C(=O)NCc2nc3ccccc3[nH]2)=C[C@@H](c2cccs2)[C@@H]1CCCO. The van der Waals surface area contributed by atoms with Gasteiger partial charge < -0.3 is 24.9 Å². The zero-order valence-corrected chi connectivity index (χ0v) is 18.2. The monoisotopic (exact) mass is 441 g/mol. The number of thiophene rings is 1. The minimum Gasteiger partial charge on any atom is -0.459 e. The van der Waals surface area contributed by atoms with Crippen LogP contribution in [0.3, 0.4) is 0 Å². The molecular weight excluding hydrogens is 414 g/mol. The van der Waals surface area contributed by atoms with Crippen molar-refractivity contribution in [2.24, 2.45) is 5.92 Å². The maximum Gasteiger partial charge on any atom is 0.286 e. The van der Waals surface area contributed by atoms with Gasteiger partial charge in [-0.3, -0.25) is 4.79 Å². The Morgan fingerprint density at radius 1 is 1.32 bits per heavy atom. The fourth-order valence-corrected chi connectivity index (χ4v) is 4.79. The smallest absolute Gasteiger partial charge is 0.286 e. The molecule has 0 spiro atoms. The van der Waals surface area contributed by atoms with Crippen molar-refractivity contribution in [3.63, 3.8) is 0 Å². The molecule has 3 atom stereocenters. The van der Waals surface area contributed by atoms with Crippen molar-refractivity contribution >= 4 is 28.3 Å². The molecular formula is C23H27N3O4S. The van der Waals surface area contributed by atoms with Crippen LogP contribution in [-0.4, -0.2) is 40.5 Å². The van der Waals surface area contributed by atoms with Crippen LogP contribution < -0.4 is 5.32 Å². The molecule has 3 heterocycles.